The first kappa shape index (κ1) is 14.1. The van der Waals surface area contributed by atoms with Crippen molar-refractivity contribution in [2.24, 2.45) is 5.73 Å². The molecule has 0 aliphatic heterocycles. The van der Waals surface area contributed by atoms with Crippen LogP contribution in [0.2, 0.25) is 0 Å². The maximum Gasteiger partial charge on any atom is 0.150 e. The summed E-state index contributed by atoms with van der Waals surface area (Å²) >= 11 is 0. The monoisotopic (exact) mass is 261 g/mol. The number of rotatable bonds is 5. The molecular weight excluding hydrogens is 245 g/mol. The predicted molar refractivity (Wildman–Crippen MR) is 63.9 cm³/mol. The maximum absolute atomic E-state index is 12.7. The third-order valence-corrected chi connectivity index (χ3v) is 3.44. The van der Waals surface area contributed by atoms with Crippen LogP contribution in [-0.4, -0.2) is 38.2 Å². The van der Waals surface area contributed by atoms with Gasteiger partial charge in [0, 0.05) is 18.7 Å². The van der Waals surface area contributed by atoms with E-state index in [1.807, 2.05) is 0 Å². The van der Waals surface area contributed by atoms with Gasteiger partial charge >= 0.3 is 0 Å². The molecule has 96 valence electrons. The van der Waals surface area contributed by atoms with Gasteiger partial charge < -0.3 is 10.8 Å². The number of nitrogens with two attached hydrogens (primary N) is 1. The van der Waals surface area contributed by atoms with Gasteiger partial charge in [-0.05, 0) is 17.7 Å². The van der Waals surface area contributed by atoms with Gasteiger partial charge in [0.2, 0.25) is 0 Å². The Kier molecular flexibility index (Phi) is 4.62. The molecule has 1 aromatic carbocycles. The summed E-state index contributed by atoms with van der Waals surface area (Å²) in [5, 5.41) is 9.81. The standard InChI is InChI=1S/C11H16FNO3S/c1-17(15,16)7-11(14)10(6-13)8-2-4-9(12)5-3-8/h2-5,10-11,14H,6-7,13H2,1H3. The molecule has 1 aromatic rings. The fourth-order valence-corrected chi connectivity index (χ4v) is 2.50. The molecule has 4 nitrogen and oxygen atoms in total. The Labute approximate surface area is 100 Å². The van der Waals surface area contributed by atoms with Crippen LogP contribution < -0.4 is 5.73 Å². The van der Waals surface area contributed by atoms with Crippen molar-refractivity contribution in [3.05, 3.63) is 35.6 Å². The highest BCUT2D eigenvalue weighted by Crippen LogP contribution is 2.20. The molecule has 2 unspecified atom stereocenters. The first-order chi connectivity index (χ1) is 7.83. The second-order valence-electron chi connectivity index (χ2n) is 4.05. The molecule has 0 aliphatic rings. The van der Waals surface area contributed by atoms with Crippen LogP contribution in [0, 0.1) is 5.82 Å². The Balaban J connectivity index is 2.88. The molecule has 0 aliphatic carbocycles. The minimum Gasteiger partial charge on any atom is -0.391 e. The van der Waals surface area contributed by atoms with Gasteiger partial charge in [0.25, 0.3) is 0 Å². The minimum absolute atomic E-state index is 0.0995. The van der Waals surface area contributed by atoms with Crippen molar-refractivity contribution in [2.75, 3.05) is 18.6 Å². The van der Waals surface area contributed by atoms with E-state index in [-0.39, 0.29) is 18.1 Å². The zero-order valence-corrected chi connectivity index (χ0v) is 10.3. The molecule has 0 heterocycles. The smallest absolute Gasteiger partial charge is 0.150 e. The summed E-state index contributed by atoms with van der Waals surface area (Å²) in [5.74, 6) is -1.25. The van der Waals surface area contributed by atoms with E-state index in [2.05, 4.69) is 0 Å². The first-order valence-electron chi connectivity index (χ1n) is 5.15. The van der Waals surface area contributed by atoms with Gasteiger partial charge in [-0.15, -0.1) is 0 Å². The zero-order valence-electron chi connectivity index (χ0n) is 9.51. The fraction of sp³-hybridized carbons (Fsp3) is 0.455. The number of aliphatic hydroxyl groups excluding tert-OH is 1. The third kappa shape index (κ3) is 4.41. The maximum atomic E-state index is 12.7. The molecule has 2 atom stereocenters. The summed E-state index contributed by atoms with van der Waals surface area (Å²) in [5.41, 5.74) is 6.14. The number of sulfone groups is 1. The molecule has 17 heavy (non-hydrogen) atoms. The summed E-state index contributed by atoms with van der Waals surface area (Å²) in [6.07, 6.45) is -0.0328. The van der Waals surface area contributed by atoms with E-state index in [1.54, 1.807) is 0 Å². The summed E-state index contributed by atoms with van der Waals surface area (Å²) in [7, 11) is -3.27. The molecule has 0 bridgehead atoms. The molecule has 0 radical (unpaired) electrons. The Morgan fingerprint density at radius 1 is 1.35 bits per heavy atom. The van der Waals surface area contributed by atoms with Crippen LogP contribution in [0.3, 0.4) is 0 Å². The lowest BCUT2D eigenvalue weighted by molar-refractivity contribution is 0.167. The van der Waals surface area contributed by atoms with Crippen molar-refractivity contribution in [2.45, 2.75) is 12.0 Å². The van der Waals surface area contributed by atoms with Crippen LogP contribution in [0.5, 0.6) is 0 Å². The molecular formula is C11H16FNO3S. The Hall–Kier alpha value is -0.980. The average molecular weight is 261 g/mol. The van der Waals surface area contributed by atoms with E-state index in [1.165, 1.54) is 24.3 Å². The number of hydrogen-bond acceptors (Lipinski definition) is 4. The van der Waals surface area contributed by atoms with E-state index in [4.69, 9.17) is 5.73 Å². The highest BCUT2D eigenvalue weighted by atomic mass is 32.2. The summed E-state index contributed by atoms with van der Waals surface area (Å²) in [6, 6.07) is 5.51. The fourth-order valence-electron chi connectivity index (χ4n) is 1.65. The number of halogens is 1. The van der Waals surface area contributed by atoms with Crippen molar-refractivity contribution < 1.29 is 17.9 Å². The molecule has 0 fully saturated rings. The van der Waals surface area contributed by atoms with Gasteiger partial charge in [-0.25, -0.2) is 12.8 Å². The lowest BCUT2D eigenvalue weighted by Gasteiger charge is -2.21. The van der Waals surface area contributed by atoms with Gasteiger partial charge in [0.1, 0.15) is 15.7 Å². The lowest BCUT2D eigenvalue weighted by atomic mass is 9.94. The van der Waals surface area contributed by atoms with E-state index >= 15 is 0 Å². The first-order valence-corrected chi connectivity index (χ1v) is 7.21. The number of hydrogen-bond donors (Lipinski definition) is 2. The quantitative estimate of drug-likeness (QED) is 0.797. The van der Waals surface area contributed by atoms with Crippen molar-refractivity contribution in [3.63, 3.8) is 0 Å². The van der Waals surface area contributed by atoms with Crippen molar-refractivity contribution >= 4 is 9.84 Å². The van der Waals surface area contributed by atoms with Crippen molar-refractivity contribution in [1.82, 2.24) is 0 Å². The van der Waals surface area contributed by atoms with Crippen molar-refractivity contribution in [1.29, 1.82) is 0 Å². The highest BCUT2D eigenvalue weighted by Gasteiger charge is 2.23. The molecule has 0 spiro atoms. The van der Waals surface area contributed by atoms with E-state index in [0.717, 1.165) is 6.26 Å². The summed E-state index contributed by atoms with van der Waals surface area (Å²) < 4.78 is 34.9. The third-order valence-electron chi connectivity index (χ3n) is 2.49. The average Bonchev–Trinajstić information content (AvgIpc) is 2.19. The van der Waals surface area contributed by atoms with Crippen LogP contribution in [0.25, 0.3) is 0 Å². The SMILES string of the molecule is CS(=O)(=O)CC(O)C(CN)c1ccc(F)cc1. The molecule has 0 aromatic heterocycles. The normalized spacial score (nSPS) is 15.5. The van der Waals surface area contributed by atoms with Gasteiger partial charge in [0.05, 0.1) is 11.9 Å². The van der Waals surface area contributed by atoms with Gasteiger partial charge in [-0.3, -0.25) is 0 Å². The number of aliphatic hydroxyl groups is 1. The van der Waals surface area contributed by atoms with Gasteiger partial charge in [0.15, 0.2) is 0 Å². The minimum atomic E-state index is -3.27. The molecule has 3 N–H and O–H groups in total. The Bertz CT molecular complexity index is 458. The second kappa shape index (κ2) is 5.57. The predicted octanol–water partition coefficient (Wildman–Crippen LogP) is 0.273. The van der Waals surface area contributed by atoms with Crippen LogP contribution in [0.4, 0.5) is 4.39 Å². The van der Waals surface area contributed by atoms with Gasteiger partial charge in [-0.2, -0.15) is 0 Å². The summed E-state index contributed by atoms with van der Waals surface area (Å²) in [6.45, 7) is 0.0995. The highest BCUT2D eigenvalue weighted by molar-refractivity contribution is 7.90. The molecule has 0 saturated carbocycles. The van der Waals surface area contributed by atoms with E-state index in [0.29, 0.717) is 5.56 Å². The van der Waals surface area contributed by atoms with Crippen LogP contribution in [0.15, 0.2) is 24.3 Å². The van der Waals surface area contributed by atoms with Gasteiger partial charge in [-0.1, -0.05) is 12.1 Å². The largest absolute Gasteiger partial charge is 0.391 e. The molecule has 0 amide bonds. The Morgan fingerprint density at radius 2 is 1.88 bits per heavy atom. The lowest BCUT2D eigenvalue weighted by Crippen LogP contribution is -2.31. The van der Waals surface area contributed by atoms with Crippen LogP contribution >= 0.6 is 0 Å². The molecule has 6 heteroatoms. The van der Waals surface area contributed by atoms with Crippen molar-refractivity contribution in [3.8, 4) is 0 Å². The van der Waals surface area contributed by atoms with Crippen LogP contribution in [0.1, 0.15) is 11.5 Å². The topological polar surface area (TPSA) is 80.4 Å². The summed E-state index contributed by atoms with van der Waals surface area (Å²) in [4.78, 5) is 0. The molecule has 1 rings (SSSR count). The number of benzene rings is 1. The van der Waals surface area contributed by atoms with E-state index < -0.39 is 21.9 Å². The van der Waals surface area contributed by atoms with E-state index in [9.17, 15) is 17.9 Å². The zero-order chi connectivity index (χ0) is 13.1. The second-order valence-corrected chi connectivity index (χ2v) is 6.24. The van der Waals surface area contributed by atoms with Crippen LogP contribution in [-0.2, 0) is 9.84 Å². The molecule has 0 saturated heterocycles. The Morgan fingerprint density at radius 3 is 2.29 bits per heavy atom.